The van der Waals surface area contributed by atoms with Crippen molar-refractivity contribution >= 4 is 17.6 Å². The average Bonchev–Trinajstić information content (AvgIpc) is 3.83. The van der Waals surface area contributed by atoms with Crippen molar-refractivity contribution in [2.45, 2.75) is 44.4 Å². The summed E-state index contributed by atoms with van der Waals surface area (Å²) >= 11 is 0. The molecule has 2 fully saturated rings. The van der Waals surface area contributed by atoms with Crippen LogP contribution in [0.4, 0.5) is 10.5 Å². The van der Waals surface area contributed by atoms with Crippen molar-refractivity contribution in [3.8, 4) is 11.1 Å². The molecule has 5 rings (SSSR count). The smallest absolute Gasteiger partial charge is 0.411 e. The van der Waals surface area contributed by atoms with Crippen LogP contribution in [0.3, 0.4) is 0 Å². The lowest BCUT2D eigenvalue weighted by atomic mass is 10.0. The second-order valence-corrected chi connectivity index (χ2v) is 10.9. The lowest BCUT2D eigenvalue weighted by Crippen LogP contribution is -2.42. The number of Topliss-reactive ketones (excluding diaryl/α,β-unsaturated/α-hetero) is 1. The van der Waals surface area contributed by atoms with E-state index in [9.17, 15) is 9.59 Å². The summed E-state index contributed by atoms with van der Waals surface area (Å²) in [5.74, 6) is 0.119. The Kier molecular flexibility index (Phi) is 9.60. The van der Waals surface area contributed by atoms with Crippen LogP contribution in [-0.4, -0.2) is 73.6 Å². The number of anilines is 1. The molecule has 3 aromatic rings. The van der Waals surface area contributed by atoms with E-state index in [1.165, 1.54) is 18.4 Å². The monoisotopic (exact) mass is 540 g/mol. The molecule has 2 aliphatic rings. The van der Waals surface area contributed by atoms with Crippen LogP contribution in [0.2, 0.25) is 0 Å². The molecule has 1 saturated heterocycles. The lowest BCUT2D eigenvalue weighted by molar-refractivity contribution is 0.0593. The van der Waals surface area contributed by atoms with Crippen LogP contribution in [0.25, 0.3) is 11.1 Å². The van der Waals surface area contributed by atoms with E-state index < -0.39 is 6.09 Å². The number of rotatable bonds is 12. The van der Waals surface area contributed by atoms with Gasteiger partial charge in [-0.15, -0.1) is 0 Å². The molecule has 1 aliphatic carbocycles. The highest BCUT2D eigenvalue weighted by Crippen LogP contribution is 2.28. The van der Waals surface area contributed by atoms with Gasteiger partial charge in [0.15, 0.2) is 5.78 Å². The number of carbonyl (C=O) groups excluding carboxylic acids is 2. The van der Waals surface area contributed by atoms with Gasteiger partial charge in [-0.2, -0.15) is 0 Å². The number of para-hydroxylation sites is 1. The maximum Gasteiger partial charge on any atom is 0.411 e. The molecule has 0 bridgehead atoms. The van der Waals surface area contributed by atoms with E-state index in [-0.39, 0.29) is 11.9 Å². The largest absolute Gasteiger partial charge is 0.446 e. The molecule has 7 heteroatoms. The third-order valence-corrected chi connectivity index (χ3v) is 7.83. The summed E-state index contributed by atoms with van der Waals surface area (Å²) in [4.78, 5) is 30.0. The van der Waals surface area contributed by atoms with E-state index in [4.69, 9.17) is 4.74 Å². The number of hydrogen-bond acceptors (Lipinski definition) is 6. The number of carbonyl (C=O) groups is 2. The SMILES string of the molecule is CN(Cc1ccc(C(=O)CNCCN2CCC(OC(=O)Nc3ccccc3-c3ccccc3)CC2)cc1)C1CC1. The van der Waals surface area contributed by atoms with Crippen LogP contribution in [-0.2, 0) is 11.3 Å². The molecule has 210 valence electrons. The zero-order valence-electron chi connectivity index (χ0n) is 23.4. The maximum atomic E-state index is 12.6. The van der Waals surface area contributed by atoms with Gasteiger partial charge in [-0.25, -0.2) is 4.79 Å². The van der Waals surface area contributed by atoms with Gasteiger partial charge in [0.1, 0.15) is 6.10 Å². The van der Waals surface area contributed by atoms with Crippen molar-refractivity contribution in [2.24, 2.45) is 0 Å². The average molecular weight is 541 g/mol. The van der Waals surface area contributed by atoms with Crippen LogP contribution in [0.15, 0.2) is 78.9 Å². The Labute approximate surface area is 237 Å². The minimum atomic E-state index is -0.412. The second kappa shape index (κ2) is 13.7. The molecular formula is C33H40N4O3. The number of nitrogens with zero attached hydrogens (tertiary/aromatic N) is 2. The first kappa shape index (κ1) is 28.0. The minimum Gasteiger partial charge on any atom is -0.446 e. The summed E-state index contributed by atoms with van der Waals surface area (Å²) in [6.45, 7) is 4.62. The Bertz CT molecular complexity index is 1250. The topological polar surface area (TPSA) is 73.9 Å². The number of likely N-dealkylation sites (tertiary alicyclic amines) is 1. The molecule has 0 unspecified atom stereocenters. The van der Waals surface area contributed by atoms with Crippen molar-refractivity contribution in [3.05, 3.63) is 90.0 Å². The first-order valence-corrected chi connectivity index (χ1v) is 14.4. The van der Waals surface area contributed by atoms with E-state index in [1.54, 1.807) is 0 Å². The molecule has 2 N–H and O–H groups in total. The molecule has 40 heavy (non-hydrogen) atoms. The highest BCUT2D eigenvalue weighted by molar-refractivity contribution is 5.97. The van der Waals surface area contributed by atoms with Crippen molar-refractivity contribution in [2.75, 3.05) is 45.1 Å². The first-order chi connectivity index (χ1) is 19.5. The fraction of sp³-hybridized carbons (Fsp3) is 0.394. The predicted octanol–water partition coefficient (Wildman–Crippen LogP) is 5.43. The molecular weight excluding hydrogens is 500 g/mol. The van der Waals surface area contributed by atoms with Gasteiger partial charge < -0.3 is 15.0 Å². The number of amides is 1. The van der Waals surface area contributed by atoms with Gasteiger partial charge in [0, 0.05) is 49.9 Å². The Hall–Kier alpha value is -3.52. The Balaban J connectivity index is 0.977. The standard InChI is InChI=1S/C33H40N4O3/c1-36(28-15-16-28)24-25-11-13-27(14-12-25)32(38)23-34-19-22-37-20-17-29(18-21-37)40-33(39)35-31-10-6-5-9-30(31)26-7-3-2-4-8-26/h2-14,28-29,34H,15-24H2,1H3,(H,35,39). The highest BCUT2D eigenvalue weighted by Gasteiger charge is 2.26. The highest BCUT2D eigenvalue weighted by atomic mass is 16.6. The number of ether oxygens (including phenoxy) is 1. The van der Waals surface area contributed by atoms with Gasteiger partial charge in [-0.1, -0.05) is 72.8 Å². The molecule has 0 atom stereocenters. The van der Waals surface area contributed by atoms with Crippen molar-refractivity contribution < 1.29 is 14.3 Å². The van der Waals surface area contributed by atoms with Crippen molar-refractivity contribution in [1.82, 2.24) is 15.1 Å². The van der Waals surface area contributed by atoms with Crippen molar-refractivity contribution in [1.29, 1.82) is 0 Å². The minimum absolute atomic E-state index is 0.0956. The fourth-order valence-corrected chi connectivity index (χ4v) is 5.27. The van der Waals surface area contributed by atoms with E-state index in [0.29, 0.717) is 6.54 Å². The fourth-order valence-electron chi connectivity index (χ4n) is 5.27. The lowest BCUT2D eigenvalue weighted by Gasteiger charge is -2.31. The van der Waals surface area contributed by atoms with E-state index >= 15 is 0 Å². The van der Waals surface area contributed by atoms with Gasteiger partial charge in [0.2, 0.25) is 0 Å². The van der Waals surface area contributed by atoms with Gasteiger partial charge in [0.05, 0.1) is 12.2 Å². The van der Waals surface area contributed by atoms with Crippen molar-refractivity contribution in [3.63, 3.8) is 0 Å². The van der Waals surface area contributed by atoms with Gasteiger partial charge >= 0.3 is 6.09 Å². The Morgan fingerprint density at radius 2 is 1.60 bits per heavy atom. The van der Waals surface area contributed by atoms with E-state index in [0.717, 1.165) is 74.0 Å². The third-order valence-electron chi connectivity index (χ3n) is 7.83. The van der Waals surface area contributed by atoms with E-state index in [2.05, 4.69) is 39.6 Å². The van der Waals surface area contributed by atoms with Gasteiger partial charge in [0.25, 0.3) is 0 Å². The number of nitrogens with one attached hydrogen (secondary N) is 2. The summed E-state index contributed by atoms with van der Waals surface area (Å²) in [5.41, 5.74) is 4.77. The van der Waals surface area contributed by atoms with Crippen LogP contribution < -0.4 is 10.6 Å². The molecule has 0 radical (unpaired) electrons. The molecule has 1 saturated carbocycles. The predicted molar refractivity (Wildman–Crippen MR) is 160 cm³/mol. The van der Waals surface area contributed by atoms with Gasteiger partial charge in [-0.05, 0) is 49.9 Å². The molecule has 1 aliphatic heterocycles. The number of benzene rings is 3. The zero-order chi connectivity index (χ0) is 27.7. The summed E-state index contributed by atoms with van der Waals surface area (Å²) in [6.07, 6.45) is 3.69. The summed E-state index contributed by atoms with van der Waals surface area (Å²) in [5, 5.41) is 6.23. The van der Waals surface area contributed by atoms with E-state index in [1.807, 2.05) is 66.7 Å². The second-order valence-electron chi connectivity index (χ2n) is 10.9. The van der Waals surface area contributed by atoms with Crippen LogP contribution in [0.1, 0.15) is 41.6 Å². The quantitative estimate of drug-likeness (QED) is 0.236. The molecule has 1 amide bonds. The van der Waals surface area contributed by atoms with Gasteiger partial charge in [-0.3, -0.25) is 15.0 Å². The summed E-state index contributed by atoms with van der Waals surface area (Å²) in [7, 11) is 2.17. The molecule has 0 spiro atoms. The number of piperidine rings is 1. The maximum absolute atomic E-state index is 12.6. The number of hydrogen-bond donors (Lipinski definition) is 2. The Morgan fingerprint density at radius 3 is 2.33 bits per heavy atom. The molecule has 0 aromatic heterocycles. The normalized spacial score (nSPS) is 16.1. The molecule has 3 aromatic carbocycles. The van der Waals surface area contributed by atoms with Crippen LogP contribution >= 0.6 is 0 Å². The zero-order valence-corrected chi connectivity index (χ0v) is 23.4. The van der Waals surface area contributed by atoms with Crippen LogP contribution in [0, 0.1) is 0 Å². The summed E-state index contributed by atoms with van der Waals surface area (Å²) in [6, 6.07) is 26.5. The number of ketones is 1. The Morgan fingerprint density at radius 1 is 0.900 bits per heavy atom. The summed E-state index contributed by atoms with van der Waals surface area (Å²) < 4.78 is 5.75. The van der Waals surface area contributed by atoms with Crippen LogP contribution in [0.5, 0.6) is 0 Å². The third kappa shape index (κ3) is 8.01. The molecule has 1 heterocycles. The first-order valence-electron chi connectivity index (χ1n) is 14.4. The molecule has 7 nitrogen and oxygen atoms in total.